The molecule has 4 nitrogen and oxygen atoms in total. The number of benzene rings is 1. The van der Waals surface area contributed by atoms with Crippen LogP contribution < -0.4 is 5.73 Å². The van der Waals surface area contributed by atoms with E-state index in [4.69, 9.17) is 5.73 Å². The lowest BCUT2D eigenvalue weighted by molar-refractivity contribution is 0.335. The summed E-state index contributed by atoms with van der Waals surface area (Å²) in [6, 6.07) is 5.11. The summed E-state index contributed by atoms with van der Waals surface area (Å²) in [6.07, 6.45) is 6.58. The van der Waals surface area contributed by atoms with Crippen LogP contribution in [-0.2, 0) is 10.0 Å². The van der Waals surface area contributed by atoms with E-state index in [1.807, 2.05) is 0 Å². The molecule has 1 aromatic carbocycles. The van der Waals surface area contributed by atoms with Crippen LogP contribution in [0, 0.1) is 6.92 Å². The summed E-state index contributed by atoms with van der Waals surface area (Å²) in [7, 11) is -1.72. The average Bonchev–Trinajstić information content (AvgIpc) is 2.66. The number of nitrogens with zero attached hydrogens (tertiary/aromatic N) is 1. The van der Waals surface area contributed by atoms with E-state index in [1.165, 1.54) is 12.8 Å². The predicted molar refractivity (Wildman–Crippen MR) is 82.0 cm³/mol. The molecule has 0 radical (unpaired) electrons. The summed E-state index contributed by atoms with van der Waals surface area (Å²) in [5.41, 5.74) is 7.01. The van der Waals surface area contributed by atoms with Gasteiger partial charge in [-0.25, -0.2) is 8.42 Å². The van der Waals surface area contributed by atoms with E-state index >= 15 is 0 Å². The first kappa shape index (κ1) is 15.3. The molecule has 0 aliphatic heterocycles. The van der Waals surface area contributed by atoms with Crippen molar-refractivity contribution in [2.45, 2.75) is 56.4 Å². The molecule has 20 heavy (non-hydrogen) atoms. The van der Waals surface area contributed by atoms with Gasteiger partial charge in [0.2, 0.25) is 10.0 Å². The lowest BCUT2D eigenvalue weighted by atomic mass is 10.1. The van der Waals surface area contributed by atoms with Crippen LogP contribution in [0.2, 0.25) is 0 Å². The van der Waals surface area contributed by atoms with Gasteiger partial charge in [-0.3, -0.25) is 0 Å². The quantitative estimate of drug-likeness (QED) is 0.689. The highest BCUT2D eigenvalue weighted by molar-refractivity contribution is 7.89. The molecule has 0 saturated heterocycles. The minimum absolute atomic E-state index is 0.124. The second-order valence-electron chi connectivity index (χ2n) is 5.69. The van der Waals surface area contributed by atoms with Gasteiger partial charge < -0.3 is 5.73 Å². The SMILES string of the molecule is Cc1cc(N)ccc1S(=O)(=O)N(C)C1CCCCCC1. The highest BCUT2D eigenvalue weighted by atomic mass is 32.2. The Balaban J connectivity index is 2.28. The van der Waals surface area contributed by atoms with Gasteiger partial charge >= 0.3 is 0 Å². The first-order valence-electron chi connectivity index (χ1n) is 7.27. The van der Waals surface area contributed by atoms with E-state index in [0.29, 0.717) is 16.1 Å². The third-order valence-electron chi connectivity index (χ3n) is 4.19. The monoisotopic (exact) mass is 296 g/mol. The number of hydrogen-bond acceptors (Lipinski definition) is 3. The van der Waals surface area contributed by atoms with E-state index in [0.717, 1.165) is 25.7 Å². The van der Waals surface area contributed by atoms with Crippen molar-refractivity contribution in [2.24, 2.45) is 0 Å². The van der Waals surface area contributed by atoms with Crippen LogP contribution >= 0.6 is 0 Å². The molecule has 2 N–H and O–H groups in total. The van der Waals surface area contributed by atoms with Gasteiger partial charge in [0.1, 0.15) is 0 Å². The third-order valence-corrected chi connectivity index (χ3v) is 6.27. The zero-order chi connectivity index (χ0) is 14.8. The Morgan fingerprint density at radius 1 is 1.15 bits per heavy atom. The van der Waals surface area contributed by atoms with Crippen molar-refractivity contribution in [1.29, 1.82) is 0 Å². The van der Waals surface area contributed by atoms with Gasteiger partial charge in [0.25, 0.3) is 0 Å². The Morgan fingerprint density at radius 2 is 1.75 bits per heavy atom. The minimum Gasteiger partial charge on any atom is -0.399 e. The van der Waals surface area contributed by atoms with Crippen LogP contribution in [0.4, 0.5) is 5.69 Å². The average molecular weight is 296 g/mol. The maximum absolute atomic E-state index is 12.8. The Kier molecular flexibility index (Phi) is 4.70. The molecule has 0 unspecified atom stereocenters. The molecule has 0 atom stereocenters. The first-order chi connectivity index (χ1) is 9.43. The summed E-state index contributed by atoms with van der Waals surface area (Å²) in [5.74, 6) is 0. The molecular weight excluding hydrogens is 272 g/mol. The zero-order valence-electron chi connectivity index (χ0n) is 12.3. The number of nitrogens with two attached hydrogens (primary N) is 1. The molecule has 1 fully saturated rings. The topological polar surface area (TPSA) is 63.4 Å². The summed E-state index contributed by atoms with van der Waals surface area (Å²) in [6.45, 7) is 1.80. The van der Waals surface area contributed by atoms with Gasteiger partial charge in [-0.15, -0.1) is 0 Å². The Labute approximate surface area is 122 Å². The third kappa shape index (κ3) is 3.15. The molecule has 0 amide bonds. The lowest BCUT2D eigenvalue weighted by Crippen LogP contribution is -2.37. The van der Waals surface area contributed by atoms with Gasteiger partial charge in [0.05, 0.1) is 4.90 Å². The van der Waals surface area contributed by atoms with E-state index < -0.39 is 10.0 Å². The molecule has 1 aliphatic rings. The molecule has 1 saturated carbocycles. The molecule has 0 spiro atoms. The summed E-state index contributed by atoms with van der Waals surface area (Å²) in [4.78, 5) is 0.374. The Morgan fingerprint density at radius 3 is 2.30 bits per heavy atom. The maximum Gasteiger partial charge on any atom is 0.243 e. The van der Waals surface area contributed by atoms with Crippen LogP contribution in [0.3, 0.4) is 0 Å². The zero-order valence-corrected chi connectivity index (χ0v) is 13.1. The molecule has 0 bridgehead atoms. The largest absolute Gasteiger partial charge is 0.399 e. The molecule has 0 heterocycles. The van der Waals surface area contributed by atoms with E-state index in [9.17, 15) is 8.42 Å². The fraction of sp³-hybridized carbons (Fsp3) is 0.600. The fourth-order valence-corrected chi connectivity index (χ4v) is 4.55. The van der Waals surface area contributed by atoms with Crippen LogP contribution in [0.5, 0.6) is 0 Å². The Hall–Kier alpha value is -1.07. The van der Waals surface area contributed by atoms with Crippen molar-refractivity contribution in [3.63, 3.8) is 0 Å². The number of anilines is 1. The van der Waals surface area contributed by atoms with Crippen molar-refractivity contribution < 1.29 is 8.42 Å². The molecular formula is C15H24N2O2S. The van der Waals surface area contributed by atoms with E-state index in [2.05, 4.69) is 0 Å². The standard InChI is InChI=1S/C15H24N2O2S/c1-12-11-13(16)9-10-15(12)20(18,19)17(2)14-7-5-3-4-6-8-14/h9-11,14H,3-8,16H2,1-2H3. The minimum atomic E-state index is -3.42. The van der Waals surface area contributed by atoms with Crippen LogP contribution in [0.1, 0.15) is 44.1 Å². The van der Waals surface area contributed by atoms with Gasteiger partial charge in [-0.2, -0.15) is 4.31 Å². The van der Waals surface area contributed by atoms with Gasteiger partial charge in [0.15, 0.2) is 0 Å². The van der Waals surface area contributed by atoms with E-state index in [-0.39, 0.29) is 6.04 Å². The van der Waals surface area contributed by atoms with Gasteiger partial charge in [0, 0.05) is 18.8 Å². The van der Waals surface area contributed by atoms with Crippen molar-refractivity contribution >= 4 is 15.7 Å². The van der Waals surface area contributed by atoms with Gasteiger partial charge in [-0.1, -0.05) is 25.7 Å². The van der Waals surface area contributed by atoms with Crippen molar-refractivity contribution in [3.05, 3.63) is 23.8 Å². The second kappa shape index (κ2) is 6.14. The number of rotatable bonds is 3. The predicted octanol–water partition coefficient (Wildman–Crippen LogP) is 2.92. The number of sulfonamides is 1. The van der Waals surface area contributed by atoms with Crippen molar-refractivity contribution in [3.8, 4) is 0 Å². The fourth-order valence-electron chi connectivity index (χ4n) is 2.93. The van der Waals surface area contributed by atoms with Crippen LogP contribution in [0.15, 0.2) is 23.1 Å². The molecule has 2 rings (SSSR count). The van der Waals surface area contributed by atoms with Crippen molar-refractivity contribution in [2.75, 3.05) is 12.8 Å². The number of aryl methyl sites for hydroxylation is 1. The number of nitrogen functional groups attached to an aromatic ring is 1. The molecule has 0 aromatic heterocycles. The van der Waals surface area contributed by atoms with Crippen LogP contribution in [0.25, 0.3) is 0 Å². The molecule has 1 aromatic rings. The normalized spacial score (nSPS) is 18.1. The molecule has 1 aliphatic carbocycles. The second-order valence-corrected chi connectivity index (χ2v) is 7.66. The van der Waals surface area contributed by atoms with E-state index in [1.54, 1.807) is 36.5 Å². The highest BCUT2D eigenvalue weighted by Gasteiger charge is 2.29. The summed E-state index contributed by atoms with van der Waals surface area (Å²) in [5, 5.41) is 0. The number of hydrogen-bond donors (Lipinski definition) is 1. The molecule has 5 heteroatoms. The summed E-state index contributed by atoms with van der Waals surface area (Å²) < 4.78 is 27.1. The lowest BCUT2D eigenvalue weighted by Gasteiger charge is -2.27. The highest BCUT2D eigenvalue weighted by Crippen LogP contribution is 2.27. The smallest absolute Gasteiger partial charge is 0.243 e. The van der Waals surface area contributed by atoms with Crippen LogP contribution in [-0.4, -0.2) is 25.8 Å². The Bertz CT molecular complexity index is 561. The summed E-state index contributed by atoms with van der Waals surface area (Å²) >= 11 is 0. The van der Waals surface area contributed by atoms with Gasteiger partial charge in [-0.05, 0) is 43.5 Å². The molecule has 112 valence electrons. The van der Waals surface area contributed by atoms with Crippen molar-refractivity contribution in [1.82, 2.24) is 4.31 Å². The maximum atomic E-state index is 12.8. The first-order valence-corrected chi connectivity index (χ1v) is 8.71.